The first-order chi connectivity index (χ1) is 18.3. The predicted molar refractivity (Wildman–Crippen MR) is 139 cm³/mol. The number of carbonyl (C=O) groups is 4. The number of thioether (sulfide) groups is 1. The number of imide groups is 1. The molecule has 4 aromatic rings. The van der Waals surface area contributed by atoms with Crippen molar-refractivity contribution in [1.82, 2.24) is 9.47 Å². The zero-order chi connectivity index (χ0) is 26.8. The molecule has 0 saturated carbocycles. The van der Waals surface area contributed by atoms with Gasteiger partial charge in [0.1, 0.15) is 18.1 Å². The summed E-state index contributed by atoms with van der Waals surface area (Å²) in [6.07, 6.45) is 3.43. The Bertz CT molecular complexity index is 1600. The Morgan fingerprint density at radius 2 is 1.84 bits per heavy atom. The molecule has 1 fully saturated rings. The highest BCUT2D eigenvalue weighted by molar-refractivity contribution is 8.18. The molecule has 2 aromatic carbocycles. The van der Waals surface area contributed by atoms with Crippen LogP contribution >= 0.6 is 11.8 Å². The van der Waals surface area contributed by atoms with Crippen LogP contribution in [0, 0.1) is 5.82 Å². The summed E-state index contributed by atoms with van der Waals surface area (Å²) in [6.45, 7) is -0.154. The minimum absolute atomic E-state index is 0.0938. The second-order valence-electron chi connectivity index (χ2n) is 8.31. The minimum Gasteiger partial charge on any atom is -0.463 e. The molecule has 0 atom stereocenters. The largest absolute Gasteiger partial charge is 0.463 e. The van der Waals surface area contributed by atoms with Crippen molar-refractivity contribution in [3.8, 4) is 0 Å². The van der Waals surface area contributed by atoms with Crippen LogP contribution in [0.15, 0.2) is 76.2 Å². The number of benzene rings is 2. The molecule has 1 saturated heterocycles. The molecule has 0 spiro atoms. The first-order valence-electron chi connectivity index (χ1n) is 11.4. The summed E-state index contributed by atoms with van der Waals surface area (Å²) in [5, 5.41) is 2.82. The van der Waals surface area contributed by atoms with E-state index >= 15 is 0 Å². The number of hydrogen-bond donors (Lipinski definition) is 1. The summed E-state index contributed by atoms with van der Waals surface area (Å²) in [5.74, 6) is -1.56. The number of nitrogens with zero attached hydrogens (tertiary/aromatic N) is 2. The topological polar surface area (TPSA) is 111 Å². The third-order valence-electron chi connectivity index (χ3n) is 5.78. The standard InChI is InChI=1S/C27H20FN3O6S/c1-36-26(34)22-11-10-19(37-22)14-30-13-16(20-4-2-3-5-21(20)30)12-23-25(33)31(27(35)38-23)15-24(32)29-18-8-6-17(28)7-9-18/h2-13H,14-15H2,1H3,(H,29,32)/b23-12-. The van der Waals surface area contributed by atoms with Crippen LogP contribution in [0.5, 0.6) is 0 Å². The average Bonchev–Trinajstić information content (AvgIpc) is 3.59. The van der Waals surface area contributed by atoms with Crippen LogP contribution in [0.4, 0.5) is 14.9 Å². The molecule has 192 valence electrons. The Labute approximate surface area is 219 Å². The smallest absolute Gasteiger partial charge is 0.373 e. The van der Waals surface area contributed by atoms with Crippen LogP contribution in [0.3, 0.4) is 0 Å². The summed E-state index contributed by atoms with van der Waals surface area (Å²) in [4.78, 5) is 50.7. The van der Waals surface area contributed by atoms with Crippen molar-refractivity contribution in [1.29, 1.82) is 0 Å². The molecule has 5 rings (SSSR count). The Morgan fingerprint density at radius 3 is 2.61 bits per heavy atom. The lowest BCUT2D eigenvalue weighted by Crippen LogP contribution is -2.36. The number of nitrogens with one attached hydrogen (secondary N) is 1. The Balaban J connectivity index is 1.36. The highest BCUT2D eigenvalue weighted by Crippen LogP contribution is 2.34. The Kier molecular flexibility index (Phi) is 6.84. The highest BCUT2D eigenvalue weighted by Gasteiger charge is 2.36. The zero-order valence-electron chi connectivity index (χ0n) is 20.0. The molecule has 9 nitrogen and oxygen atoms in total. The van der Waals surface area contributed by atoms with E-state index in [1.807, 2.05) is 35.0 Å². The van der Waals surface area contributed by atoms with E-state index in [4.69, 9.17) is 4.42 Å². The van der Waals surface area contributed by atoms with Crippen LogP contribution in [0.2, 0.25) is 0 Å². The van der Waals surface area contributed by atoms with Crippen LogP contribution < -0.4 is 5.32 Å². The second kappa shape index (κ2) is 10.4. The van der Waals surface area contributed by atoms with Gasteiger partial charge in [-0.05, 0) is 60.3 Å². The van der Waals surface area contributed by atoms with Crippen molar-refractivity contribution < 1.29 is 32.7 Å². The van der Waals surface area contributed by atoms with Gasteiger partial charge in [-0.3, -0.25) is 19.3 Å². The van der Waals surface area contributed by atoms with Crippen molar-refractivity contribution in [3.63, 3.8) is 0 Å². The third-order valence-corrected chi connectivity index (χ3v) is 6.69. The van der Waals surface area contributed by atoms with Gasteiger partial charge < -0.3 is 19.0 Å². The quantitative estimate of drug-likeness (QED) is 0.266. The van der Waals surface area contributed by atoms with Crippen molar-refractivity contribution in [2.45, 2.75) is 6.54 Å². The van der Waals surface area contributed by atoms with Crippen molar-refractivity contribution >= 4 is 57.5 Å². The number of rotatable bonds is 7. The third kappa shape index (κ3) is 5.09. The number of hydrogen-bond acceptors (Lipinski definition) is 7. The van der Waals surface area contributed by atoms with Gasteiger partial charge in [-0.25, -0.2) is 9.18 Å². The highest BCUT2D eigenvalue weighted by atomic mass is 32.2. The molecule has 3 amide bonds. The SMILES string of the molecule is COC(=O)c1ccc(Cn2cc(/C=C3\SC(=O)N(CC(=O)Nc4ccc(F)cc4)C3=O)c3ccccc32)o1. The van der Waals surface area contributed by atoms with Crippen molar-refractivity contribution in [3.05, 3.63) is 94.7 Å². The maximum atomic E-state index is 13.1. The first-order valence-corrected chi connectivity index (χ1v) is 12.2. The van der Waals surface area contributed by atoms with Gasteiger partial charge in [0.15, 0.2) is 0 Å². The molecule has 1 N–H and O–H groups in total. The van der Waals surface area contributed by atoms with E-state index in [1.165, 1.54) is 37.4 Å². The number of esters is 1. The number of halogens is 1. The Morgan fingerprint density at radius 1 is 1.08 bits per heavy atom. The molecule has 1 aliphatic rings. The van der Waals surface area contributed by atoms with Crippen molar-refractivity contribution in [2.75, 3.05) is 19.0 Å². The second-order valence-corrected chi connectivity index (χ2v) is 9.30. The van der Waals surface area contributed by atoms with E-state index < -0.39 is 35.4 Å². The maximum Gasteiger partial charge on any atom is 0.373 e. The number of ether oxygens (including phenoxy) is 1. The van der Waals surface area contributed by atoms with Gasteiger partial charge in [-0.1, -0.05) is 18.2 Å². The van der Waals surface area contributed by atoms with E-state index in [2.05, 4.69) is 10.1 Å². The number of fused-ring (bicyclic) bond motifs is 1. The molecular formula is C27H20FN3O6S. The van der Waals surface area contributed by atoms with Gasteiger partial charge >= 0.3 is 5.97 Å². The molecule has 0 unspecified atom stereocenters. The lowest BCUT2D eigenvalue weighted by Gasteiger charge is -2.12. The number of methoxy groups -OCH3 is 1. The fraction of sp³-hybridized carbons (Fsp3) is 0.111. The maximum absolute atomic E-state index is 13.1. The summed E-state index contributed by atoms with van der Waals surface area (Å²) in [6, 6.07) is 15.9. The lowest BCUT2D eigenvalue weighted by atomic mass is 10.1. The molecule has 0 radical (unpaired) electrons. The summed E-state index contributed by atoms with van der Waals surface area (Å²) in [5.41, 5.74) is 1.90. The lowest BCUT2D eigenvalue weighted by molar-refractivity contribution is -0.127. The van der Waals surface area contributed by atoms with E-state index in [0.29, 0.717) is 23.6 Å². The number of para-hydroxylation sites is 1. The number of aromatic nitrogens is 1. The van der Waals surface area contributed by atoms with Gasteiger partial charge in [0.25, 0.3) is 11.1 Å². The fourth-order valence-corrected chi connectivity index (χ4v) is 4.85. The predicted octanol–water partition coefficient (Wildman–Crippen LogP) is 4.88. The summed E-state index contributed by atoms with van der Waals surface area (Å²) in [7, 11) is 1.27. The summed E-state index contributed by atoms with van der Waals surface area (Å²) >= 11 is 0.747. The van der Waals surface area contributed by atoms with Crippen LogP contribution in [-0.2, 0) is 20.9 Å². The first kappa shape index (κ1) is 25.0. The molecule has 0 bridgehead atoms. The van der Waals surface area contributed by atoms with E-state index in [-0.39, 0.29) is 10.7 Å². The number of anilines is 1. The number of carbonyl (C=O) groups excluding carboxylic acids is 4. The van der Waals surface area contributed by atoms with E-state index in [1.54, 1.807) is 12.1 Å². The van der Waals surface area contributed by atoms with Crippen molar-refractivity contribution in [2.24, 2.45) is 0 Å². The molecule has 11 heteroatoms. The molecule has 3 heterocycles. The molecule has 0 aliphatic carbocycles. The monoisotopic (exact) mass is 533 g/mol. The van der Waals surface area contributed by atoms with Gasteiger partial charge in [0.2, 0.25) is 11.7 Å². The van der Waals surface area contributed by atoms with Gasteiger partial charge in [-0.15, -0.1) is 0 Å². The summed E-state index contributed by atoms with van der Waals surface area (Å²) < 4.78 is 25.3. The number of amides is 3. The molecular weight excluding hydrogens is 513 g/mol. The molecule has 38 heavy (non-hydrogen) atoms. The van der Waals surface area contributed by atoms with Crippen LogP contribution in [0.25, 0.3) is 17.0 Å². The molecule has 1 aliphatic heterocycles. The normalized spacial score (nSPS) is 14.5. The van der Waals surface area contributed by atoms with Crippen LogP contribution in [-0.4, -0.2) is 46.1 Å². The number of furan rings is 1. The minimum atomic E-state index is -0.583. The zero-order valence-corrected chi connectivity index (χ0v) is 20.8. The average molecular weight is 534 g/mol. The van der Waals surface area contributed by atoms with Gasteiger partial charge in [-0.2, -0.15) is 0 Å². The van der Waals surface area contributed by atoms with Gasteiger partial charge in [0.05, 0.1) is 18.6 Å². The van der Waals surface area contributed by atoms with E-state index in [9.17, 15) is 23.6 Å². The fourth-order valence-electron chi connectivity index (χ4n) is 4.02. The molecule has 2 aromatic heterocycles. The van der Waals surface area contributed by atoms with Gasteiger partial charge in [0, 0.05) is 28.4 Å². The van der Waals surface area contributed by atoms with E-state index in [0.717, 1.165) is 27.6 Å². The Hall–Kier alpha value is -4.64. The van der Waals surface area contributed by atoms with Crippen LogP contribution in [0.1, 0.15) is 21.9 Å².